The first-order valence-corrected chi connectivity index (χ1v) is 12.4. The van der Waals surface area contributed by atoms with Crippen molar-refractivity contribution in [1.29, 1.82) is 0 Å². The molecule has 0 unspecified atom stereocenters. The van der Waals surface area contributed by atoms with E-state index in [9.17, 15) is 13.2 Å². The molecule has 0 spiro atoms. The van der Waals surface area contributed by atoms with Crippen molar-refractivity contribution < 1.29 is 27.4 Å². The zero-order valence-corrected chi connectivity index (χ0v) is 21.7. The van der Waals surface area contributed by atoms with E-state index in [4.69, 9.17) is 25.8 Å². The molecule has 0 aliphatic carbocycles. The molecule has 3 aromatic carbocycles. The number of nitrogens with one attached hydrogen (secondary N) is 1. The molecular weight excluding hydrogens is 492 g/mol. The topological polar surface area (TPSA) is 94.2 Å². The highest BCUT2D eigenvalue weighted by molar-refractivity contribution is 7.93. The molecule has 0 fully saturated rings. The molecule has 1 N–H and O–H groups in total. The lowest BCUT2D eigenvalue weighted by Gasteiger charge is -2.25. The third kappa shape index (κ3) is 5.80. The van der Waals surface area contributed by atoms with Crippen LogP contribution in [0.2, 0.25) is 5.02 Å². The monoisotopic (exact) mass is 518 g/mol. The number of anilines is 2. The van der Waals surface area contributed by atoms with Gasteiger partial charge in [-0.3, -0.25) is 9.10 Å². The number of sulfonamides is 1. The molecule has 0 atom stereocenters. The Balaban J connectivity index is 2.03. The van der Waals surface area contributed by atoms with Gasteiger partial charge in [0, 0.05) is 12.1 Å². The van der Waals surface area contributed by atoms with E-state index < -0.39 is 22.5 Å². The fourth-order valence-electron chi connectivity index (χ4n) is 3.41. The molecule has 8 nitrogen and oxygen atoms in total. The number of aryl methyl sites for hydroxylation is 2. The van der Waals surface area contributed by atoms with Crippen molar-refractivity contribution in [3.05, 3.63) is 70.7 Å². The normalized spacial score (nSPS) is 11.0. The van der Waals surface area contributed by atoms with Crippen molar-refractivity contribution in [2.45, 2.75) is 18.7 Å². The van der Waals surface area contributed by atoms with Gasteiger partial charge in [-0.1, -0.05) is 35.4 Å². The third-order valence-electron chi connectivity index (χ3n) is 5.24. The Kier molecular flexibility index (Phi) is 8.14. The molecule has 10 heteroatoms. The summed E-state index contributed by atoms with van der Waals surface area (Å²) in [6.45, 7) is 3.16. The smallest absolute Gasteiger partial charge is 0.268 e. The number of halogens is 1. The van der Waals surface area contributed by atoms with Crippen LogP contribution in [0.5, 0.6) is 17.2 Å². The molecular formula is C25H27ClN2O6S. The van der Waals surface area contributed by atoms with E-state index in [0.717, 1.165) is 15.4 Å². The van der Waals surface area contributed by atoms with Crippen molar-refractivity contribution in [1.82, 2.24) is 0 Å². The summed E-state index contributed by atoms with van der Waals surface area (Å²) in [6.07, 6.45) is 0. The van der Waals surface area contributed by atoms with Gasteiger partial charge in [-0.25, -0.2) is 8.42 Å². The Morgan fingerprint density at radius 2 is 1.46 bits per heavy atom. The number of hydrogen-bond acceptors (Lipinski definition) is 6. The number of rotatable bonds is 9. The molecule has 3 rings (SSSR count). The standard InChI is InChI=1S/C25H27ClN2O6S/c1-16-6-9-18(10-7-16)28(35(30,31)24-12-17(2)8-11-21(24)32-3)15-25(29)27-20-14-22(33-4)19(26)13-23(20)34-5/h6-14H,15H2,1-5H3,(H,27,29). The van der Waals surface area contributed by atoms with Crippen LogP contribution in [-0.2, 0) is 14.8 Å². The van der Waals surface area contributed by atoms with Gasteiger partial charge in [0.25, 0.3) is 10.0 Å². The van der Waals surface area contributed by atoms with Gasteiger partial charge in [0.05, 0.1) is 37.7 Å². The van der Waals surface area contributed by atoms with Crippen molar-refractivity contribution in [2.75, 3.05) is 37.5 Å². The summed E-state index contributed by atoms with van der Waals surface area (Å²) < 4.78 is 44.5. The van der Waals surface area contributed by atoms with Gasteiger partial charge < -0.3 is 19.5 Å². The number of hydrogen-bond donors (Lipinski definition) is 1. The molecule has 0 saturated heterocycles. The van der Waals surface area contributed by atoms with Crippen molar-refractivity contribution in [2.24, 2.45) is 0 Å². The minimum absolute atomic E-state index is 0.0425. The van der Waals surface area contributed by atoms with Crippen LogP contribution in [0, 0.1) is 13.8 Å². The van der Waals surface area contributed by atoms with Gasteiger partial charge in [-0.15, -0.1) is 0 Å². The lowest BCUT2D eigenvalue weighted by molar-refractivity contribution is -0.114. The number of amides is 1. The Labute approximate surface area is 210 Å². The average molecular weight is 519 g/mol. The van der Waals surface area contributed by atoms with Crippen LogP contribution >= 0.6 is 11.6 Å². The van der Waals surface area contributed by atoms with Crippen molar-refractivity contribution >= 4 is 38.9 Å². The summed E-state index contributed by atoms with van der Waals surface area (Å²) in [5.41, 5.74) is 2.29. The Hall–Kier alpha value is -3.43. The molecule has 0 saturated carbocycles. The number of ether oxygens (including phenoxy) is 3. The van der Waals surface area contributed by atoms with Gasteiger partial charge in [0.2, 0.25) is 5.91 Å². The highest BCUT2D eigenvalue weighted by Gasteiger charge is 2.30. The van der Waals surface area contributed by atoms with E-state index in [1.54, 1.807) is 43.3 Å². The molecule has 0 bridgehead atoms. The summed E-state index contributed by atoms with van der Waals surface area (Å²) in [6, 6.07) is 14.7. The highest BCUT2D eigenvalue weighted by Crippen LogP contribution is 2.36. The second-order valence-electron chi connectivity index (χ2n) is 7.74. The van der Waals surface area contributed by atoms with Crippen LogP contribution in [0.25, 0.3) is 0 Å². The molecule has 3 aromatic rings. The van der Waals surface area contributed by atoms with Crippen LogP contribution in [0.1, 0.15) is 11.1 Å². The zero-order valence-electron chi connectivity index (χ0n) is 20.1. The third-order valence-corrected chi connectivity index (χ3v) is 7.33. The quantitative estimate of drug-likeness (QED) is 0.436. The molecule has 35 heavy (non-hydrogen) atoms. The predicted molar refractivity (Wildman–Crippen MR) is 137 cm³/mol. The van der Waals surface area contributed by atoms with E-state index >= 15 is 0 Å². The van der Waals surface area contributed by atoms with Gasteiger partial charge >= 0.3 is 0 Å². The second-order valence-corrected chi connectivity index (χ2v) is 9.97. The van der Waals surface area contributed by atoms with Crippen molar-refractivity contribution in [3.8, 4) is 17.2 Å². The molecule has 1 amide bonds. The van der Waals surface area contributed by atoms with E-state index in [-0.39, 0.29) is 16.3 Å². The number of carbonyl (C=O) groups excluding carboxylic acids is 1. The van der Waals surface area contributed by atoms with Gasteiger partial charge in [0.15, 0.2) is 0 Å². The maximum atomic E-state index is 13.8. The molecule has 0 aliphatic rings. The maximum Gasteiger partial charge on any atom is 0.268 e. The number of nitrogens with zero attached hydrogens (tertiary/aromatic N) is 1. The first kappa shape index (κ1) is 26.2. The largest absolute Gasteiger partial charge is 0.495 e. The molecule has 0 heterocycles. The molecule has 186 valence electrons. The summed E-state index contributed by atoms with van der Waals surface area (Å²) in [5, 5.41) is 3.00. The summed E-state index contributed by atoms with van der Waals surface area (Å²) in [4.78, 5) is 13.1. The SMILES string of the molecule is COc1cc(NC(=O)CN(c2ccc(C)cc2)S(=O)(=O)c2cc(C)ccc2OC)c(OC)cc1Cl. The second kappa shape index (κ2) is 10.9. The first-order chi connectivity index (χ1) is 16.6. The number of benzene rings is 3. The lowest BCUT2D eigenvalue weighted by Crippen LogP contribution is -2.38. The first-order valence-electron chi connectivity index (χ1n) is 10.6. The lowest BCUT2D eigenvalue weighted by atomic mass is 10.2. The van der Waals surface area contributed by atoms with Gasteiger partial charge in [0.1, 0.15) is 28.7 Å². The van der Waals surface area contributed by atoms with Crippen LogP contribution in [0.15, 0.2) is 59.5 Å². The van der Waals surface area contributed by atoms with Crippen LogP contribution in [0.3, 0.4) is 0 Å². The van der Waals surface area contributed by atoms with E-state index in [0.29, 0.717) is 22.2 Å². The van der Waals surface area contributed by atoms with Crippen molar-refractivity contribution in [3.63, 3.8) is 0 Å². The molecule has 0 aromatic heterocycles. The fraction of sp³-hybridized carbons (Fsp3) is 0.240. The number of methoxy groups -OCH3 is 3. The zero-order chi connectivity index (χ0) is 25.8. The van der Waals surface area contributed by atoms with E-state index in [1.165, 1.54) is 39.5 Å². The summed E-state index contributed by atoms with van der Waals surface area (Å²) in [7, 11) is 0.0874. The maximum absolute atomic E-state index is 13.8. The van der Waals surface area contributed by atoms with Crippen LogP contribution < -0.4 is 23.8 Å². The van der Waals surface area contributed by atoms with E-state index in [1.807, 2.05) is 6.92 Å². The van der Waals surface area contributed by atoms with Crippen LogP contribution in [0.4, 0.5) is 11.4 Å². The minimum atomic E-state index is -4.18. The predicted octanol–water partition coefficient (Wildman–Crippen LogP) is 4.82. The van der Waals surface area contributed by atoms with E-state index in [2.05, 4.69) is 5.32 Å². The highest BCUT2D eigenvalue weighted by atomic mass is 35.5. The average Bonchev–Trinajstić information content (AvgIpc) is 2.83. The van der Waals surface area contributed by atoms with Crippen LogP contribution in [-0.4, -0.2) is 42.2 Å². The summed E-state index contributed by atoms with van der Waals surface area (Å²) in [5.74, 6) is 0.213. The molecule has 0 aliphatic heterocycles. The van der Waals surface area contributed by atoms with Gasteiger partial charge in [-0.05, 0) is 43.7 Å². The summed E-state index contributed by atoms with van der Waals surface area (Å²) >= 11 is 6.15. The Morgan fingerprint density at radius 3 is 2.06 bits per heavy atom. The Morgan fingerprint density at radius 1 is 0.857 bits per heavy atom. The van der Waals surface area contributed by atoms with Gasteiger partial charge in [-0.2, -0.15) is 0 Å². The number of carbonyl (C=O) groups is 1. The molecule has 0 radical (unpaired) electrons. The minimum Gasteiger partial charge on any atom is -0.495 e. The Bertz CT molecular complexity index is 1330. The fourth-order valence-corrected chi connectivity index (χ4v) is 5.30.